The summed E-state index contributed by atoms with van der Waals surface area (Å²) in [4.78, 5) is 0. The van der Waals surface area contributed by atoms with Crippen LogP contribution in [0, 0.1) is 5.82 Å². The van der Waals surface area contributed by atoms with Crippen LogP contribution < -0.4 is 5.32 Å². The van der Waals surface area contributed by atoms with Crippen molar-refractivity contribution < 1.29 is 4.39 Å². The normalized spacial score (nSPS) is 14.2. The number of benzene rings is 1. The topological polar surface area (TPSA) is 42.7 Å². The molecule has 2 heterocycles. The van der Waals surface area contributed by atoms with Gasteiger partial charge >= 0.3 is 0 Å². The van der Waals surface area contributed by atoms with Crippen LogP contribution in [0.1, 0.15) is 24.5 Å². The predicted octanol–water partition coefficient (Wildman–Crippen LogP) is 3.02. The van der Waals surface area contributed by atoms with Gasteiger partial charge in [0.15, 0.2) is 5.82 Å². The molecule has 1 aromatic carbocycles. The van der Waals surface area contributed by atoms with Crippen molar-refractivity contribution >= 4 is 17.3 Å². The molecule has 0 saturated carbocycles. The van der Waals surface area contributed by atoms with Gasteiger partial charge in [-0.05, 0) is 31.0 Å². The van der Waals surface area contributed by atoms with Gasteiger partial charge in [-0.2, -0.15) is 0 Å². The van der Waals surface area contributed by atoms with E-state index in [1.807, 2.05) is 0 Å². The maximum atomic E-state index is 13.2. The molecule has 100 valence electrons. The molecule has 6 heteroatoms. The average Bonchev–Trinajstić information content (AvgIpc) is 2.78. The maximum absolute atomic E-state index is 13.2. The minimum atomic E-state index is -0.349. The molecule has 0 radical (unpaired) electrons. The van der Waals surface area contributed by atoms with Crippen LogP contribution in [0.15, 0.2) is 18.2 Å². The fraction of sp³-hybridized carbons (Fsp3) is 0.385. The van der Waals surface area contributed by atoms with Gasteiger partial charge in [-0.1, -0.05) is 11.6 Å². The van der Waals surface area contributed by atoms with Gasteiger partial charge in [0.1, 0.15) is 11.6 Å². The second kappa shape index (κ2) is 5.17. The molecule has 1 aliphatic heterocycles. The van der Waals surface area contributed by atoms with E-state index in [1.165, 1.54) is 18.6 Å². The lowest BCUT2D eigenvalue weighted by Crippen LogP contribution is -2.15. The van der Waals surface area contributed by atoms with Gasteiger partial charge in [-0.3, -0.25) is 0 Å². The van der Waals surface area contributed by atoms with Crippen LogP contribution >= 0.6 is 11.6 Å². The number of rotatable bonds is 3. The smallest absolute Gasteiger partial charge is 0.152 e. The molecule has 0 saturated heterocycles. The van der Waals surface area contributed by atoms with Crippen LogP contribution in [0.25, 0.3) is 0 Å². The third-order valence-electron chi connectivity index (χ3n) is 3.25. The van der Waals surface area contributed by atoms with Crippen molar-refractivity contribution in [3.8, 4) is 0 Å². The molecular formula is C13H14ClFN4. The molecule has 0 atom stereocenters. The molecule has 2 aromatic rings. The third-order valence-corrected chi connectivity index (χ3v) is 3.47. The van der Waals surface area contributed by atoms with Gasteiger partial charge < -0.3 is 9.88 Å². The molecule has 0 unspecified atom stereocenters. The van der Waals surface area contributed by atoms with E-state index in [-0.39, 0.29) is 5.82 Å². The van der Waals surface area contributed by atoms with Crippen LogP contribution in [0.3, 0.4) is 0 Å². The Kier molecular flexibility index (Phi) is 3.38. The highest BCUT2D eigenvalue weighted by Crippen LogP contribution is 2.19. The van der Waals surface area contributed by atoms with Gasteiger partial charge in [0.2, 0.25) is 0 Å². The summed E-state index contributed by atoms with van der Waals surface area (Å²) in [6.07, 6.45) is 3.31. The zero-order valence-corrected chi connectivity index (χ0v) is 11.1. The molecule has 3 rings (SSSR count). The summed E-state index contributed by atoms with van der Waals surface area (Å²) in [6.45, 7) is 1.48. The number of hydrogen-bond acceptors (Lipinski definition) is 3. The number of nitrogens with one attached hydrogen (secondary N) is 1. The van der Waals surface area contributed by atoms with Gasteiger partial charge in [0, 0.05) is 23.7 Å². The third kappa shape index (κ3) is 2.71. The Morgan fingerprint density at radius 3 is 3.00 bits per heavy atom. The van der Waals surface area contributed by atoms with Gasteiger partial charge in [0.25, 0.3) is 0 Å². The number of halogens is 2. The minimum absolute atomic E-state index is 0.349. The number of fused-ring (bicyclic) bond motifs is 1. The highest BCUT2D eigenvalue weighted by molar-refractivity contribution is 6.30. The molecule has 0 spiro atoms. The Bertz CT molecular complexity index is 576. The molecule has 0 bridgehead atoms. The SMILES string of the molecule is Fc1cc(Cl)cc(NCc2nnc3n2CCCC3)c1. The molecule has 0 aliphatic carbocycles. The second-order valence-electron chi connectivity index (χ2n) is 4.65. The summed E-state index contributed by atoms with van der Waals surface area (Å²) in [5.41, 5.74) is 0.651. The van der Waals surface area contributed by atoms with Gasteiger partial charge in [-0.15, -0.1) is 10.2 Å². The lowest BCUT2D eigenvalue weighted by atomic mass is 10.2. The van der Waals surface area contributed by atoms with Crippen molar-refractivity contribution in [3.63, 3.8) is 0 Å². The quantitative estimate of drug-likeness (QED) is 0.940. The van der Waals surface area contributed by atoms with E-state index in [1.54, 1.807) is 6.07 Å². The van der Waals surface area contributed by atoms with Crippen LogP contribution in [0.5, 0.6) is 0 Å². The van der Waals surface area contributed by atoms with Crippen molar-refractivity contribution in [3.05, 3.63) is 40.7 Å². The molecule has 19 heavy (non-hydrogen) atoms. The number of anilines is 1. The maximum Gasteiger partial charge on any atom is 0.152 e. The summed E-state index contributed by atoms with van der Waals surface area (Å²) in [5.74, 6) is 1.58. The van der Waals surface area contributed by atoms with Crippen molar-refractivity contribution in [2.24, 2.45) is 0 Å². The zero-order chi connectivity index (χ0) is 13.2. The minimum Gasteiger partial charge on any atom is -0.378 e. The van der Waals surface area contributed by atoms with E-state index in [9.17, 15) is 4.39 Å². The second-order valence-corrected chi connectivity index (χ2v) is 5.09. The molecule has 0 fully saturated rings. The lowest BCUT2D eigenvalue weighted by Gasteiger charge is -2.15. The van der Waals surface area contributed by atoms with E-state index < -0.39 is 0 Å². The first-order valence-corrected chi connectivity index (χ1v) is 6.71. The Hall–Kier alpha value is -1.62. The number of nitrogens with zero attached hydrogens (tertiary/aromatic N) is 3. The Balaban J connectivity index is 1.74. The first kappa shape index (κ1) is 12.4. The monoisotopic (exact) mass is 280 g/mol. The number of aromatic nitrogens is 3. The lowest BCUT2D eigenvalue weighted by molar-refractivity contribution is 0.510. The molecule has 0 amide bonds. The summed E-state index contributed by atoms with van der Waals surface area (Å²) in [6, 6.07) is 4.39. The van der Waals surface area contributed by atoms with E-state index in [0.29, 0.717) is 17.3 Å². The summed E-state index contributed by atoms with van der Waals surface area (Å²) in [7, 11) is 0. The molecule has 1 aromatic heterocycles. The Morgan fingerprint density at radius 1 is 1.26 bits per heavy atom. The molecule has 4 nitrogen and oxygen atoms in total. The Labute approximate surface area is 115 Å². The standard InChI is InChI=1S/C13H14ClFN4/c14-9-5-10(15)7-11(6-9)16-8-13-18-17-12-3-1-2-4-19(12)13/h5-7,16H,1-4,8H2. The zero-order valence-electron chi connectivity index (χ0n) is 10.4. The van der Waals surface area contributed by atoms with E-state index >= 15 is 0 Å². The summed E-state index contributed by atoms with van der Waals surface area (Å²) < 4.78 is 15.3. The van der Waals surface area contributed by atoms with Crippen LogP contribution in [0.2, 0.25) is 5.02 Å². The number of hydrogen-bond donors (Lipinski definition) is 1. The number of aryl methyl sites for hydroxylation is 1. The van der Waals surface area contributed by atoms with E-state index in [2.05, 4.69) is 20.1 Å². The van der Waals surface area contributed by atoms with E-state index in [4.69, 9.17) is 11.6 Å². The van der Waals surface area contributed by atoms with Crippen LogP contribution in [0.4, 0.5) is 10.1 Å². The highest BCUT2D eigenvalue weighted by Gasteiger charge is 2.15. The Morgan fingerprint density at radius 2 is 2.16 bits per heavy atom. The first-order valence-electron chi connectivity index (χ1n) is 6.33. The fourth-order valence-electron chi connectivity index (χ4n) is 2.34. The van der Waals surface area contributed by atoms with Crippen molar-refractivity contribution in [2.45, 2.75) is 32.4 Å². The van der Waals surface area contributed by atoms with Gasteiger partial charge in [0.05, 0.1) is 6.54 Å². The predicted molar refractivity (Wildman–Crippen MR) is 71.7 cm³/mol. The first-order chi connectivity index (χ1) is 9.22. The fourth-order valence-corrected chi connectivity index (χ4v) is 2.56. The van der Waals surface area contributed by atoms with E-state index in [0.717, 1.165) is 31.0 Å². The van der Waals surface area contributed by atoms with Crippen molar-refractivity contribution in [2.75, 3.05) is 5.32 Å². The van der Waals surface area contributed by atoms with Crippen LogP contribution in [-0.4, -0.2) is 14.8 Å². The van der Waals surface area contributed by atoms with Crippen LogP contribution in [-0.2, 0) is 19.5 Å². The summed E-state index contributed by atoms with van der Waals surface area (Å²) >= 11 is 5.81. The molecule has 1 N–H and O–H groups in total. The van der Waals surface area contributed by atoms with Crippen molar-refractivity contribution in [1.82, 2.24) is 14.8 Å². The largest absolute Gasteiger partial charge is 0.378 e. The average molecular weight is 281 g/mol. The van der Waals surface area contributed by atoms with Gasteiger partial charge in [-0.25, -0.2) is 4.39 Å². The summed E-state index contributed by atoms with van der Waals surface area (Å²) in [5, 5.41) is 11.9. The highest BCUT2D eigenvalue weighted by atomic mass is 35.5. The van der Waals surface area contributed by atoms with Crippen molar-refractivity contribution in [1.29, 1.82) is 0 Å². The molecule has 1 aliphatic rings. The molecular weight excluding hydrogens is 267 g/mol.